The first-order chi connectivity index (χ1) is 12.1. The number of fused-ring (bicyclic) bond motifs is 1. The highest BCUT2D eigenvalue weighted by atomic mass is 16.5. The molecule has 1 aliphatic heterocycles. The van der Waals surface area contributed by atoms with Gasteiger partial charge in [0.25, 0.3) is 5.56 Å². The maximum Gasteiger partial charge on any atom is 0.260 e. The van der Waals surface area contributed by atoms with Crippen LogP contribution in [0.3, 0.4) is 0 Å². The summed E-state index contributed by atoms with van der Waals surface area (Å²) in [6.07, 6.45) is -0.0332. The van der Waals surface area contributed by atoms with Crippen LogP contribution in [0.25, 0.3) is 10.9 Å². The molecule has 2 heterocycles. The lowest BCUT2D eigenvalue weighted by Gasteiger charge is -2.39. The quantitative estimate of drug-likeness (QED) is 0.781. The standard InChI is InChI=1S/C20H21N3O2/c1-13-7-3-4-8-15(13)18-11-23(14(2)12-25-18)20-21-17-10-6-5-9-16(17)19(24)22-20/h3-10,14,18H,11-12H2,1-2H3,(H,21,22,24)/t14-,18+/m0/s1. The van der Waals surface area contributed by atoms with Gasteiger partial charge in [0.05, 0.1) is 30.1 Å². The van der Waals surface area contributed by atoms with Crippen molar-refractivity contribution in [1.82, 2.24) is 9.97 Å². The topological polar surface area (TPSA) is 58.2 Å². The van der Waals surface area contributed by atoms with Gasteiger partial charge in [0.1, 0.15) is 6.10 Å². The zero-order valence-electron chi connectivity index (χ0n) is 14.4. The van der Waals surface area contributed by atoms with Crippen LogP contribution in [0.2, 0.25) is 0 Å². The minimum absolute atomic E-state index is 0.0332. The van der Waals surface area contributed by atoms with Gasteiger partial charge < -0.3 is 9.64 Å². The second kappa shape index (κ2) is 6.33. The van der Waals surface area contributed by atoms with E-state index in [2.05, 4.69) is 40.8 Å². The third kappa shape index (κ3) is 2.91. The van der Waals surface area contributed by atoms with Gasteiger partial charge in [-0.2, -0.15) is 0 Å². The molecule has 3 aromatic rings. The smallest absolute Gasteiger partial charge is 0.260 e. The molecule has 1 fully saturated rings. The minimum atomic E-state index is -0.105. The molecule has 0 radical (unpaired) electrons. The van der Waals surface area contributed by atoms with E-state index in [9.17, 15) is 4.79 Å². The lowest BCUT2D eigenvalue weighted by atomic mass is 10.0. The number of nitrogens with one attached hydrogen (secondary N) is 1. The largest absolute Gasteiger partial charge is 0.370 e. The number of morpholine rings is 1. The van der Waals surface area contributed by atoms with Gasteiger partial charge in [-0.25, -0.2) is 4.98 Å². The number of para-hydroxylation sites is 1. The Labute approximate surface area is 146 Å². The summed E-state index contributed by atoms with van der Waals surface area (Å²) in [6.45, 7) is 5.43. The van der Waals surface area contributed by atoms with Crippen molar-refractivity contribution in [3.05, 3.63) is 70.0 Å². The van der Waals surface area contributed by atoms with Crippen LogP contribution in [-0.4, -0.2) is 29.2 Å². The number of aromatic amines is 1. The van der Waals surface area contributed by atoms with Gasteiger partial charge in [-0.3, -0.25) is 9.78 Å². The van der Waals surface area contributed by atoms with E-state index in [1.165, 1.54) is 11.1 Å². The van der Waals surface area contributed by atoms with Crippen LogP contribution >= 0.6 is 0 Å². The first-order valence-corrected chi connectivity index (χ1v) is 8.56. The lowest BCUT2D eigenvalue weighted by Crippen LogP contribution is -2.46. The number of ether oxygens (including phenoxy) is 1. The van der Waals surface area contributed by atoms with Crippen molar-refractivity contribution in [1.29, 1.82) is 0 Å². The number of hydrogen-bond donors (Lipinski definition) is 1. The van der Waals surface area contributed by atoms with E-state index in [-0.39, 0.29) is 17.7 Å². The van der Waals surface area contributed by atoms with Crippen molar-refractivity contribution in [3.8, 4) is 0 Å². The Balaban J connectivity index is 1.71. The highest BCUT2D eigenvalue weighted by Gasteiger charge is 2.29. The SMILES string of the molecule is Cc1ccccc1[C@H]1CN(c2nc3ccccc3c(=O)[nH]2)[C@@H](C)CO1. The molecule has 1 aliphatic rings. The van der Waals surface area contributed by atoms with Crippen molar-refractivity contribution >= 4 is 16.9 Å². The third-order valence-electron chi connectivity index (χ3n) is 4.84. The lowest BCUT2D eigenvalue weighted by molar-refractivity contribution is 0.0205. The number of H-pyrrole nitrogens is 1. The van der Waals surface area contributed by atoms with Crippen LogP contribution in [0.4, 0.5) is 5.95 Å². The van der Waals surface area contributed by atoms with Gasteiger partial charge in [-0.05, 0) is 37.1 Å². The Morgan fingerprint density at radius 1 is 1.16 bits per heavy atom. The summed E-state index contributed by atoms with van der Waals surface area (Å²) in [5.41, 5.74) is 3.00. The molecule has 25 heavy (non-hydrogen) atoms. The highest BCUT2D eigenvalue weighted by Crippen LogP contribution is 2.29. The summed E-state index contributed by atoms with van der Waals surface area (Å²) < 4.78 is 6.07. The highest BCUT2D eigenvalue weighted by molar-refractivity contribution is 5.78. The molecule has 5 nitrogen and oxygen atoms in total. The monoisotopic (exact) mass is 335 g/mol. The summed E-state index contributed by atoms with van der Waals surface area (Å²) >= 11 is 0. The van der Waals surface area contributed by atoms with Crippen LogP contribution in [0.15, 0.2) is 53.3 Å². The predicted octanol–water partition coefficient (Wildman–Crippen LogP) is 3.20. The van der Waals surface area contributed by atoms with E-state index in [1.807, 2.05) is 30.3 Å². The van der Waals surface area contributed by atoms with Crippen LogP contribution in [0, 0.1) is 6.92 Å². The third-order valence-corrected chi connectivity index (χ3v) is 4.84. The summed E-state index contributed by atoms with van der Waals surface area (Å²) in [6, 6.07) is 15.8. The fourth-order valence-electron chi connectivity index (χ4n) is 3.40. The maximum absolute atomic E-state index is 12.4. The van der Waals surface area contributed by atoms with Gasteiger partial charge in [0, 0.05) is 0 Å². The Hall–Kier alpha value is -2.66. The second-order valence-electron chi connectivity index (χ2n) is 6.59. The molecule has 2 atom stereocenters. The van der Waals surface area contributed by atoms with Gasteiger partial charge in [0.15, 0.2) is 0 Å². The summed E-state index contributed by atoms with van der Waals surface area (Å²) in [4.78, 5) is 22.2. The average Bonchev–Trinajstić information content (AvgIpc) is 2.63. The molecule has 2 aromatic carbocycles. The average molecular weight is 335 g/mol. The van der Waals surface area contributed by atoms with E-state index in [4.69, 9.17) is 4.74 Å². The predicted molar refractivity (Wildman–Crippen MR) is 99.0 cm³/mol. The number of anilines is 1. The first kappa shape index (κ1) is 15.8. The normalized spacial score (nSPS) is 20.8. The van der Waals surface area contributed by atoms with Gasteiger partial charge in [0.2, 0.25) is 5.95 Å². The summed E-state index contributed by atoms with van der Waals surface area (Å²) in [5, 5.41) is 0.614. The van der Waals surface area contributed by atoms with E-state index in [0.29, 0.717) is 30.0 Å². The zero-order chi connectivity index (χ0) is 17.4. The van der Waals surface area contributed by atoms with Crippen molar-refractivity contribution in [2.24, 2.45) is 0 Å². The number of aryl methyl sites for hydroxylation is 1. The fraction of sp³-hybridized carbons (Fsp3) is 0.300. The minimum Gasteiger partial charge on any atom is -0.370 e. The Kier molecular flexibility index (Phi) is 4.01. The fourth-order valence-corrected chi connectivity index (χ4v) is 3.40. The summed E-state index contributed by atoms with van der Waals surface area (Å²) in [5.74, 6) is 0.609. The number of benzene rings is 2. The van der Waals surface area contributed by atoms with E-state index >= 15 is 0 Å². The molecule has 0 aliphatic carbocycles. The first-order valence-electron chi connectivity index (χ1n) is 8.56. The molecule has 0 spiro atoms. The van der Waals surface area contributed by atoms with E-state index < -0.39 is 0 Å². The van der Waals surface area contributed by atoms with Gasteiger partial charge >= 0.3 is 0 Å². The number of rotatable bonds is 2. The Morgan fingerprint density at radius 2 is 1.92 bits per heavy atom. The summed E-state index contributed by atoms with van der Waals surface area (Å²) in [7, 11) is 0. The molecule has 1 saturated heterocycles. The zero-order valence-corrected chi connectivity index (χ0v) is 14.4. The molecule has 0 amide bonds. The molecule has 0 unspecified atom stereocenters. The van der Waals surface area contributed by atoms with Crippen molar-refractivity contribution in [2.45, 2.75) is 26.0 Å². The molecule has 1 aromatic heterocycles. The van der Waals surface area contributed by atoms with Crippen molar-refractivity contribution in [2.75, 3.05) is 18.1 Å². The van der Waals surface area contributed by atoms with Gasteiger partial charge in [-0.15, -0.1) is 0 Å². The Bertz CT molecular complexity index is 966. The van der Waals surface area contributed by atoms with Crippen LogP contribution in [0.5, 0.6) is 0 Å². The molecular weight excluding hydrogens is 314 g/mol. The number of aromatic nitrogens is 2. The van der Waals surface area contributed by atoms with Gasteiger partial charge in [-0.1, -0.05) is 36.4 Å². The molecular formula is C20H21N3O2. The second-order valence-corrected chi connectivity index (χ2v) is 6.59. The van der Waals surface area contributed by atoms with E-state index in [0.717, 1.165) is 0 Å². The van der Waals surface area contributed by atoms with Crippen LogP contribution in [-0.2, 0) is 4.74 Å². The molecule has 1 N–H and O–H groups in total. The Morgan fingerprint density at radius 3 is 2.76 bits per heavy atom. The molecule has 0 bridgehead atoms. The van der Waals surface area contributed by atoms with Crippen molar-refractivity contribution < 1.29 is 4.74 Å². The molecule has 128 valence electrons. The number of hydrogen-bond acceptors (Lipinski definition) is 4. The van der Waals surface area contributed by atoms with Crippen molar-refractivity contribution in [3.63, 3.8) is 0 Å². The molecule has 4 rings (SSSR count). The molecule has 0 saturated carbocycles. The molecule has 5 heteroatoms. The van der Waals surface area contributed by atoms with E-state index in [1.54, 1.807) is 6.07 Å². The van der Waals surface area contributed by atoms with Crippen LogP contribution in [0.1, 0.15) is 24.2 Å². The van der Waals surface area contributed by atoms with Crippen LogP contribution < -0.4 is 10.5 Å². The number of nitrogens with zero attached hydrogens (tertiary/aromatic N) is 2. The maximum atomic E-state index is 12.4.